The van der Waals surface area contributed by atoms with Crippen molar-refractivity contribution in [2.75, 3.05) is 0 Å². The third-order valence-corrected chi connectivity index (χ3v) is 2.33. The monoisotopic (exact) mass is 217 g/mol. The molecule has 2 rings (SSSR count). The summed E-state index contributed by atoms with van der Waals surface area (Å²) in [5.74, 6) is 1.12. The largest absolute Gasteiger partial charge is 0.325 e. The van der Waals surface area contributed by atoms with Gasteiger partial charge in [0.2, 0.25) is 0 Å². The summed E-state index contributed by atoms with van der Waals surface area (Å²) in [6.45, 7) is 4.50. The maximum absolute atomic E-state index is 5.69. The van der Waals surface area contributed by atoms with Gasteiger partial charge in [-0.25, -0.2) is 14.6 Å². The SMILES string of the molecule is CC(C)c1ncc(-n2cccn2)c(CN)n1. The Morgan fingerprint density at radius 1 is 1.44 bits per heavy atom. The van der Waals surface area contributed by atoms with Gasteiger partial charge in [0.1, 0.15) is 11.5 Å². The molecule has 16 heavy (non-hydrogen) atoms. The lowest BCUT2D eigenvalue weighted by Gasteiger charge is -2.10. The fourth-order valence-corrected chi connectivity index (χ4v) is 1.46. The highest BCUT2D eigenvalue weighted by atomic mass is 15.3. The van der Waals surface area contributed by atoms with Crippen LogP contribution in [0.4, 0.5) is 0 Å². The Hall–Kier alpha value is -1.75. The van der Waals surface area contributed by atoms with Crippen LogP contribution in [0.2, 0.25) is 0 Å². The molecule has 0 aliphatic carbocycles. The zero-order chi connectivity index (χ0) is 11.5. The van der Waals surface area contributed by atoms with E-state index in [1.165, 1.54) is 0 Å². The second-order valence-corrected chi connectivity index (χ2v) is 3.87. The second-order valence-electron chi connectivity index (χ2n) is 3.87. The lowest BCUT2D eigenvalue weighted by molar-refractivity contribution is 0.737. The number of nitrogens with zero attached hydrogens (tertiary/aromatic N) is 4. The van der Waals surface area contributed by atoms with Crippen molar-refractivity contribution in [3.63, 3.8) is 0 Å². The van der Waals surface area contributed by atoms with Crippen LogP contribution >= 0.6 is 0 Å². The van der Waals surface area contributed by atoms with E-state index in [0.29, 0.717) is 12.5 Å². The maximum atomic E-state index is 5.69. The van der Waals surface area contributed by atoms with Crippen LogP contribution in [-0.4, -0.2) is 19.7 Å². The van der Waals surface area contributed by atoms with E-state index < -0.39 is 0 Å². The van der Waals surface area contributed by atoms with Gasteiger partial charge in [0, 0.05) is 24.9 Å². The Bertz CT molecular complexity index is 461. The van der Waals surface area contributed by atoms with E-state index in [1.54, 1.807) is 17.1 Å². The molecule has 0 unspecified atom stereocenters. The van der Waals surface area contributed by atoms with Crippen LogP contribution in [0.15, 0.2) is 24.7 Å². The molecule has 0 radical (unpaired) electrons. The molecule has 0 aliphatic rings. The summed E-state index contributed by atoms with van der Waals surface area (Å²) in [6, 6.07) is 1.86. The fraction of sp³-hybridized carbons (Fsp3) is 0.364. The van der Waals surface area contributed by atoms with Gasteiger partial charge in [-0.1, -0.05) is 13.8 Å². The topological polar surface area (TPSA) is 69.6 Å². The molecule has 2 aromatic heterocycles. The van der Waals surface area contributed by atoms with Crippen LogP contribution in [0.3, 0.4) is 0 Å². The van der Waals surface area contributed by atoms with Gasteiger partial charge in [-0.15, -0.1) is 0 Å². The van der Waals surface area contributed by atoms with Crippen LogP contribution in [0.1, 0.15) is 31.3 Å². The molecule has 2 heterocycles. The zero-order valence-corrected chi connectivity index (χ0v) is 9.46. The van der Waals surface area contributed by atoms with Crippen molar-refractivity contribution in [1.29, 1.82) is 0 Å². The van der Waals surface area contributed by atoms with E-state index in [4.69, 9.17) is 5.73 Å². The van der Waals surface area contributed by atoms with Gasteiger partial charge in [-0.3, -0.25) is 0 Å². The number of nitrogens with two attached hydrogens (primary N) is 1. The van der Waals surface area contributed by atoms with Crippen LogP contribution in [0, 0.1) is 0 Å². The highest BCUT2D eigenvalue weighted by molar-refractivity contribution is 5.33. The number of hydrogen-bond acceptors (Lipinski definition) is 4. The second kappa shape index (κ2) is 4.40. The minimum Gasteiger partial charge on any atom is -0.325 e. The summed E-state index contributed by atoms with van der Waals surface area (Å²) >= 11 is 0. The predicted octanol–water partition coefficient (Wildman–Crippen LogP) is 1.24. The smallest absolute Gasteiger partial charge is 0.131 e. The molecule has 2 aromatic rings. The molecule has 5 heteroatoms. The predicted molar refractivity (Wildman–Crippen MR) is 61.1 cm³/mol. The maximum Gasteiger partial charge on any atom is 0.131 e. The molecule has 0 spiro atoms. The van der Waals surface area contributed by atoms with Crippen LogP contribution in [0.5, 0.6) is 0 Å². The normalized spacial score (nSPS) is 11.0. The van der Waals surface area contributed by atoms with E-state index in [9.17, 15) is 0 Å². The molecule has 2 N–H and O–H groups in total. The Kier molecular flexibility index (Phi) is 2.96. The summed E-state index contributed by atoms with van der Waals surface area (Å²) in [7, 11) is 0. The first kappa shape index (κ1) is 10.8. The van der Waals surface area contributed by atoms with Gasteiger partial charge in [0.25, 0.3) is 0 Å². The van der Waals surface area contributed by atoms with Gasteiger partial charge in [0.15, 0.2) is 0 Å². The van der Waals surface area contributed by atoms with Crippen LogP contribution < -0.4 is 5.73 Å². The Morgan fingerprint density at radius 2 is 2.25 bits per heavy atom. The van der Waals surface area contributed by atoms with Crippen molar-refractivity contribution >= 4 is 0 Å². The average Bonchev–Trinajstić information content (AvgIpc) is 2.81. The Morgan fingerprint density at radius 3 is 2.81 bits per heavy atom. The summed E-state index contributed by atoms with van der Waals surface area (Å²) in [6.07, 6.45) is 5.35. The number of aromatic nitrogens is 4. The Labute approximate surface area is 94.3 Å². The molecule has 0 saturated heterocycles. The van der Waals surface area contributed by atoms with Crippen molar-refractivity contribution in [3.8, 4) is 5.69 Å². The third-order valence-electron chi connectivity index (χ3n) is 2.33. The first-order chi connectivity index (χ1) is 7.72. The van der Waals surface area contributed by atoms with E-state index in [1.807, 2.05) is 12.3 Å². The first-order valence-corrected chi connectivity index (χ1v) is 5.28. The lowest BCUT2D eigenvalue weighted by Crippen LogP contribution is -2.11. The lowest BCUT2D eigenvalue weighted by atomic mass is 10.2. The molecule has 0 bridgehead atoms. The van der Waals surface area contributed by atoms with Crippen molar-refractivity contribution in [1.82, 2.24) is 19.7 Å². The molecule has 0 aliphatic heterocycles. The summed E-state index contributed by atoms with van der Waals surface area (Å²) < 4.78 is 1.73. The van der Waals surface area contributed by atoms with Gasteiger partial charge >= 0.3 is 0 Å². The molecular formula is C11H15N5. The molecule has 5 nitrogen and oxygen atoms in total. The fourth-order valence-electron chi connectivity index (χ4n) is 1.46. The Balaban J connectivity index is 2.47. The molecule has 0 fully saturated rings. The summed E-state index contributed by atoms with van der Waals surface area (Å²) in [5.41, 5.74) is 7.36. The zero-order valence-electron chi connectivity index (χ0n) is 9.46. The summed E-state index contributed by atoms with van der Waals surface area (Å²) in [5, 5.41) is 4.15. The summed E-state index contributed by atoms with van der Waals surface area (Å²) in [4.78, 5) is 8.76. The highest BCUT2D eigenvalue weighted by Gasteiger charge is 2.09. The minimum absolute atomic E-state index is 0.303. The van der Waals surface area contributed by atoms with E-state index in [-0.39, 0.29) is 0 Å². The van der Waals surface area contributed by atoms with Gasteiger partial charge < -0.3 is 5.73 Å². The molecule has 0 amide bonds. The first-order valence-electron chi connectivity index (χ1n) is 5.28. The molecule has 84 valence electrons. The van der Waals surface area contributed by atoms with E-state index in [2.05, 4.69) is 28.9 Å². The number of hydrogen-bond donors (Lipinski definition) is 1. The molecular weight excluding hydrogens is 202 g/mol. The average molecular weight is 217 g/mol. The van der Waals surface area contributed by atoms with Crippen LogP contribution in [-0.2, 0) is 6.54 Å². The number of rotatable bonds is 3. The van der Waals surface area contributed by atoms with E-state index >= 15 is 0 Å². The van der Waals surface area contributed by atoms with Gasteiger partial charge in [0.05, 0.1) is 11.9 Å². The molecule has 0 aromatic carbocycles. The minimum atomic E-state index is 0.303. The van der Waals surface area contributed by atoms with Gasteiger partial charge in [-0.05, 0) is 6.07 Å². The highest BCUT2D eigenvalue weighted by Crippen LogP contribution is 2.14. The van der Waals surface area contributed by atoms with Crippen LogP contribution in [0.25, 0.3) is 5.69 Å². The standard InChI is InChI=1S/C11H15N5/c1-8(2)11-13-7-10(9(6-12)15-11)16-5-3-4-14-16/h3-5,7-8H,6,12H2,1-2H3. The van der Waals surface area contributed by atoms with Crippen molar-refractivity contribution in [2.45, 2.75) is 26.3 Å². The molecule has 0 saturated carbocycles. The van der Waals surface area contributed by atoms with Crippen molar-refractivity contribution in [2.24, 2.45) is 5.73 Å². The van der Waals surface area contributed by atoms with Crippen molar-refractivity contribution < 1.29 is 0 Å². The van der Waals surface area contributed by atoms with Gasteiger partial charge in [-0.2, -0.15) is 5.10 Å². The quantitative estimate of drug-likeness (QED) is 0.839. The molecule has 0 atom stereocenters. The van der Waals surface area contributed by atoms with Crippen molar-refractivity contribution in [3.05, 3.63) is 36.2 Å². The van der Waals surface area contributed by atoms with E-state index in [0.717, 1.165) is 17.2 Å². The third kappa shape index (κ3) is 1.94.